The summed E-state index contributed by atoms with van der Waals surface area (Å²) in [5.74, 6) is -0.337. The van der Waals surface area contributed by atoms with Crippen LogP contribution in [-0.4, -0.2) is 37.8 Å². The van der Waals surface area contributed by atoms with Gasteiger partial charge in [-0.15, -0.1) is 11.3 Å². The standard InChI is InChI=1S/C14H19BrN2O3S/c1-19-11(18)6-20-14(12-17-10(15)7-21-12)8-13(9-14)2-4-16-5-3-13/h7,16H,2-6,8-9H2,1H3. The van der Waals surface area contributed by atoms with Crippen molar-refractivity contribution in [3.63, 3.8) is 0 Å². The van der Waals surface area contributed by atoms with Crippen LogP contribution in [0.4, 0.5) is 0 Å². The van der Waals surface area contributed by atoms with E-state index >= 15 is 0 Å². The molecule has 1 aliphatic carbocycles. The maximum Gasteiger partial charge on any atom is 0.331 e. The van der Waals surface area contributed by atoms with Gasteiger partial charge in [0, 0.05) is 5.38 Å². The molecule has 0 unspecified atom stereocenters. The molecule has 1 saturated carbocycles. The molecule has 1 saturated heterocycles. The summed E-state index contributed by atoms with van der Waals surface area (Å²) < 4.78 is 11.5. The zero-order chi connectivity index (χ0) is 14.9. The van der Waals surface area contributed by atoms with Crippen LogP contribution in [-0.2, 0) is 19.9 Å². The molecule has 1 aliphatic heterocycles. The van der Waals surface area contributed by atoms with Crippen molar-refractivity contribution in [1.29, 1.82) is 0 Å². The lowest BCUT2D eigenvalue weighted by atomic mass is 9.55. The number of hydrogen-bond donors (Lipinski definition) is 1. The first kappa shape index (κ1) is 15.4. The van der Waals surface area contributed by atoms with Gasteiger partial charge in [0.15, 0.2) is 0 Å². The normalized spacial score (nSPS) is 22.8. The van der Waals surface area contributed by atoms with Crippen LogP contribution in [0.3, 0.4) is 0 Å². The van der Waals surface area contributed by atoms with Gasteiger partial charge in [0.25, 0.3) is 0 Å². The van der Waals surface area contributed by atoms with Gasteiger partial charge < -0.3 is 14.8 Å². The highest BCUT2D eigenvalue weighted by atomic mass is 79.9. The molecule has 0 radical (unpaired) electrons. The van der Waals surface area contributed by atoms with Crippen molar-refractivity contribution in [1.82, 2.24) is 10.3 Å². The first-order valence-corrected chi connectivity index (χ1v) is 8.78. The van der Waals surface area contributed by atoms with Crippen molar-refractivity contribution in [3.8, 4) is 0 Å². The maximum absolute atomic E-state index is 11.4. The maximum atomic E-state index is 11.4. The lowest BCUT2D eigenvalue weighted by molar-refractivity contribution is -0.196. The summed E-state index contributed by atoms with van der Waals surface area (Å²) in [6, 6.07) is 0. The summed E-state index contributed by atoms with van der Waals surface area (Å²) in [7, 11) is 1.38. The third kappa shape index (κ3) is 3.02. The van der Waals surface area contributed by atoms with Gasteiger partial charge in [-0.05, 0) is 60.1 Å². The van der Waals surface area contributed by atoms with Gasteiger partial charge in [-0.3, -0.25) is 0 Å². The van der Waals surface area contributed by atoms with Crippen molar-refractivity contribution < 1.29 is 14.3 Å². The molecule has 1 aromatic heterocycles. The highest BCUT2D eigenvalue weighted by Crippen LogP contribution is 2.60. The number of piperidine rings is 1. The predicted molar refractivity (Wildman–Crippen MR) is 83.2 cm³/mol. The second kappa shape index (κ2) is 5.95. The van der Waals surface area contributed by atoms with Crippen LogP contribution in [0.25, 0.3) is 0 Å². The predicted octanol–water partition coefficient (Wildman–Crippen LogP) is 2.45. The summed E-state index contributed by atoms with van der Waals surface area (Å²) >= 11 is 4.99. The van der Waals surface area contributed by atoms with Crippen molar-refractivity contribution in [3.05, 3.63) is 15.0 Å². The van der Waals surface area contributed by atoms with E-state index in [9.17, 15) is 4.79 Å². The zero-order valence-electron chi connectivity index (χ0n) is 12.0. The second-order valence-corrected chi connectivity index (χ2v) is 7.61. The molecule has 2 heterocycles. The number of thiazole rings is 1. The van der Waals surface area contributed by atoms with E-state index in [0.29, 0.717) is 5.41 Å². The number of nitrogens with zero attached hydrogens (tertiary/aromatic N) is 1. The molecule has 2 fully saturated rings. The zero-order valence-corrected chi connectivity index (χ0v) is 14.4. The molecule has 7 heteroatoms. The average molecular weight is 375 g/mol. The summed E-state index contributed by atoms with van der Waals surface area (Å²) in [4.78, 5) is 15.9. The first-order chi connectivity index (χ1) is 10.1. The molecule has 0 amide bonds. The number of carbonyl (C=O) groups excluding carboxylic acids is 1. The number of esters is 1. The molecular formula is C14H19BrN2O3S. The van der Waals surface area contributed by atoms with Crippen LogP contribution < -0.4 is 5.32 Å². The minimum absolute atomic E-state index is 0.0119. The van der Waals surface area contributed by atoms with Crippen LogP contribution in [0.5, 0.6) is 0 Å². The number of nitrogens with one attached hydrogen (secondary N) is 1. The molecule has 1 N–H and O–H groups in total. The molecule has 2 aliphatic rings. The number of methoxy groups -OCH3 is 1. The second-order valence-electron chi connectivity index (χ2n) is 5.94. The van der Waals surface area contributed by atoms with Crippen LogP contribution in [0, 0.1) is 5.41 Å². The summed E-state index contributed by atoms with van der Waals surface area (Å²) in [5, 5.41) is 6.33. The topological polar surface area (TPSA) is 60.5 Å². The molecular weight excluding hydrogens is 356 g/mol. The van der Waals surface area contributed by atoms with Crippen LogP contribution >= 0.6 is 27.3 Å². The smallest absolute Gasteiger partial charge is 0.331 e. The van der Waals surface area contributed by atoms with Crippen LogP contribution in [0.15, 0.2) is 9.98 Å². The molecule has 1 aromatic rings. The van der Waals surface area contributed by atoms with Gasteiger partial charge in [0.2, 0.25) is 0 Å². The van der Waals surface area contributed by atoms with E-state index in [2.05, 4.69) is 26.2 Å². The Balaban J connectivity index is 1.75. The number of halogens is 1. The summed E-state index contributed by atoms with van der Waals surface area (Å²) in [6.45, 7) is 2.12. The third-order valence-electron chi connectivity index (χ3n) is 4.55. The van der Waals surface area contributed by atoms with Gasteiger partial charge in [-0.2, -0.15) is 0 Å². The molecule has 116 valence electrons. The van der Waals surface area contributed by atoms with E-state index in [1.807, 2.05) is 5.38 Å². The van der Waals surface area contributed by atoms with Gasteiger partial charge in [-0.25, -0.2) is 9.78 Å². The number of aromatic nitrogens is 1. The Bertz CT molecular complexity index is 520. The molecule has 0 aromatic carbocycles. The lowest BCUT2D eigenvalue weighted by Crippen LogP contribution is -2.55. The molecule has 5 nitrogen and oxygen atoms in total. The van der Waals surface area contributed by atoms with Crippen molar-refractivity contribution in [2.45, 2.75) is 31.3 Å². The Kier molecular flexibility index (Phi) is 4.36. The van der Waals surface area contributed by atoms with Crippen molar-refractivity contribution >= 4 is 33.2 Å². The Labute approximate surface area is 136 Å². The van der Waals surface area contributed by atoms with E-state index < -0.39 is 5.60 Å². The Morgan fingerprint density at radius 3 is 2.76 bits per heavy atom. The van der Waals surface area contributed by atoms with E-state index in [4.69, 9.17) is 9.47 Å². The molecule has 0 bridgehead atoms. The fourth-order valence-corrected chi connectivity index (χ4v) is 4.91. The highest BCUT2D eigenvalue weighted by Gasteiger charge is 2.58. The number of carbonyl (C=O) groups is 1. The fourth-order valence-electron chi connectivity index (χ4n) is 3.50. The monoisotopic (exact) mass is 374 g/mol. The number of hydrogen-bond acceptors (Lipinski definition) is 6. The van der Waals surface area contributed by atoms with Gasteiger partial charge >= 0.3 is 5.97 Å². The van der Waals surface area contributed by atoms with E-state index in [1.165, 1.54) is 20.0 Å². The van der Waals surface area contributed by atoms with Crippen LogP contribution in [0.2, 0.25) is 0 Å². The van der Waals surface area contributed by atoms with E-state index in [1.54, 1.807) is 11.3 Å². The third-order valence-corrected chi connectivity index (χ3v) is 6.28. The fraction of sp³-hybridized carbons (Fsp3) is 0.714. The van der Waals surface area contributed by atoms with Gasteiger partial charge in [-0.1, -0.05) is 0 Å². The van der Waals surface area contributed by atoms with E-state index in [0.717, 1.165) is 35.5 Å². The molecule has 0 atom stereocenters. The van der Waals surface area contributed by atoms with Crippen LogP contribution in [0.1, 0.15) is 30.7 Å². The summed E-state index contributed by atoms with van der Waals surface area (Å²) in [5.41, 5.74) is -0.0677. The van der Waals surface area contributed by atoms with E-state index in [-0.39, 0.29) is 12.6 Å². The van der Waals surface area contributed by atoms with Crippen molar-refractivity contribution in [2.75, 3.05) is 26.8 Å². The highest BCUT2D eigenvalue weighted by molar-refractivity contribution is 9.10. The average Bonchev–Trinajstić information content (AvgIpc) is 2.90. The molecule has 1 spiro atoms. The Morgan fingerprint density at radius 1 is 1.48 bits per heavy atom. The first-order valence-electron chi connectivity index (χ1n) is 7.11. The Hall–Kier alpha value is -0.500. The minimum atomic E-state index is -0.414. The van der Waals surface area contributed by atoms with Gasteiger partial charge in [0.1, 0.15) is 21.8 Å². The SMILES string of the molecule is COC(=O)COC1(c2nc(Br)cs2)CC2(CCNCC2)C1. The quantitative estimate of drug-likeness (QED) is 0.820. The lowest BCUT2D eigenvalue weighted by Gasteiger charge is -2.56. The number of rotatable bonds is 4. The molecule has 3 rings (SSSR count). The minimum Gasteiger partial charge on any atom is -0.467 e. The Morgan fingerprint density at radius 2 is 2.19 bits per heavy atom. The van der Waals surface area contributed by atoms with Gasteiger partial charge in [0.05, 0.1) is 7.11 Å². The summed E-state index contributed by atoms with van der Waals surface area (Å²) in [6.07, 6.45) is 4.23. The molecule has 21 heavy (non-hydrogen) atoms. The van der Waals surface area contributed by atoms with Crippen molar-refractivity contribution in [2.24, 2.45) is 5.41 Å². The largest absolute Gasteiger partial charge is 0.467 e. The number of ether oxygens (including phenoxy) is 2.